The van der Waals surface area contributed by atoms with Crippen LogP contribution in [-0.2, 0) is 32.2 Å². The summed E-state index contributed by atoms with van der Waals surface area (Å²) >= 11 is 0. The Bertz CT molecular complexity index is 1070. The Balaban J connectivity index is 2.48. The third-order valence-electron chi connectivity index (χ3n) is 4.64. The summed E-state index contributed by atoms with van der Waals surface area (Å²) in [5.74, 6) is -6.47. The van der Waals surface area contributed by atoms with E-state index in [1.807, 2.05) is 5.32 Å². The van der Waals surface area contributed by atoms with Crippen molar-refractivity contribution in [3.05, 3.63) is 29.1 Å². The van der Waals surface area contributed by atoms with Gasteiger partial charge in [0.05, 0.1) is 6.54 Å². The number of halogens is 6. The molecule has 34 heavy (non-hydrogen) atoms. The number of benzene rings is 1. The molecule has 0 aliphatic carbocycles. The van der Waals surface area contributed by atoms with Crippen molar-refractivity contribution in [2.45, 2.75) is 62.3 Å². The van der Waals surface area contributed by atoms with E-state index < -0.39 is 93.6 Å². The molecule has 1 heterocycles. The molecule has 1 fully saturated rings. The summed E-state index contributed by atoms with van der Waals surface area (Å²) in [5.41, 5.74) is -4.23. The van der Waals surface area contributed by atoms with E-state index in [-0.39, 0.29) is 6.07 Å². The van der Waals surface area contributed by atoms with Gasteiger partial charge in [0, 0.05) is 19.4 Å². The molecule has 0 unspecified atom stereocenters. The van der Waals surface area contributed by atoms with E-state index in [2.05, 4.69) is 0 Å². The highest BCUT2D eigenvalue weighted by Crippen LogP contribution is 2.37. The molecule has 0 bridgehead atoms. The van der Waals surface area contributed by atoms with Crippen LogP contribution in [0.3, 0.4) is 0 Å². The lowest BCUT2D eigenvalue weighted by Gasteiger charge is -2.27. The van der Waals surface area contributed by atoms with Crippen molar-refractivity contribution in [3.8, 4) is 0 Å². The minimum Gasteiger partial charge on any atom is -0.444 e. The van der Waals surface area contributed by atoms with Crippen molar-refractivity contribution in [2.24, 2.45) is 0 Å². The highest BCUT2D eigenvalue weighted by Gasteiger charge is 2.44. The van der Waals surface area contributed by atoms with Crippen molar-refractivity contribution in [1.29, 1.82) is 0 Å². The molecule has 8 nitrogen and oxygen atoms in total. The van der Waals surface area contributed by atoms with Crippen LogP contribution in [-0.4, -0.2) is 60.5 Å². The lowest BCUT2D eigenvalue weighted by Crippen LogP contribution is -2.50. The quantitative estimate of drug-likeness (QED) is 0.455. The Kier molecular flexibility index (Phi) is 7.53. The number of carbonyl (C=O) groups is 2. The Morgan fingerprint density at radius 3 is 2.26 bits per heavy atom. The second-order valence-electron chi connectivity index (χ2n) is 8.65. The van der Waals surface area contributed by atoms with Crippen LogP contribution in [0.4, 0.5) is 31.1 Å². The molecule has 192 valence electrons. The predicted molar refractivity (Wildman–Crippen MR) is 104 cm³/mol. The Hall–Kier alpha value is -2.55. The molecule has 1 aliphatic rings. The summed E-state index contributed by atoms with van der Waals surface area (Å²) in [6.07, 6.45) is -8.42. The number of nitrogens with zero attached hydrogens (tertiary/aromatic N) is 1. The highest BCUT2D eigenvalue weighted by molar-refractivity contribution is 7.85. The van der Waals surface area contributed by atoms with Crippen molar-refractivity contribution >= 4 is 22.1 Å². The monoisotopic (exact) mass is 520 g/mol. The average molecular weight is 520 g/mol. The maximum absolute atomic E-state index is 14.8. The number of nitrogens with one attached hydrogen (secondary N) is 1. The Morgan fingerprint density at radius 1 is 1.24 bits per heavy atom. The molecule has 0 saturated carbocycles. The number of ether oxygens (including phenoxy) is 1. The summed E-state index contributed by atoms with van der Waals surface area (Å²) in [6, 6.07) is -0.963. The van der Waals surface area contributed by atoms with Gasteiger partial charge in [-0.2, -0.15) is 21.6 Å². The van der Waals surface area contributed by atoms with E-state index in [9.17, 15) is 44.3 Å². The highest BCUT2D eigenvalue weighted by atomic mass is 32.2. The van der Waals surface area contributed by atoms with Crippen LogP contribution in [0.15, 0.2) is 17.0 Å². The minimum atomic E-state index is -5.56. The second kappa shape index (κ2) is 9.24. The first kappa shape index (κ1) is 27.7. The van der Waals surface area contributed by atoms with Crippen LogP contribution in [0, 0.1) is 5.82 Å². The summed E-state index contributed by atoms with van der Waals surface area (Å²) in [6.45, 7) is 2.96. The molecule has 1 atom stereocenters. The first-order chi connectivity index (χ1) is 15.2. The van der Waals surface area contributed by atoms with E-state index in [4.69, 9.17) is 9.29 Å². The molecule has 1 aromatic rings. The van der Waals surface area contributed by atoms with E-state index in [0.29, 0.717) is 11.0 Å². The molecule has 1 aliphatic heterocycles. The first-order valence-electron chi connectivity index (χ1n) is 9.73. The number of carbonyl (C=O) groups excluding carboxylic acids is 2. The van der Waals surface area contributed by atoms with Crippen LogP contribution >= 0.6 is 0 Å². The van der Waals surface area contributed by atoms with Crippen LogP contribution in [0.25, 0.3) is 0 Å². The molecule has 0 aromatic heterocycles. The van der Waals surface area contributed by atoms with Gasteiger partial charge in [-0.3, -0.25) is 9.35 Å². The van der Waals surface area contributed by atoms with Gasteiger partial charge in [0.15, 0.2) is 0 Å². The number of hydrogen-bond acceptors (Lipinski definition) is 5. The molecule has 15 heteroatoms. The Labute approximate surface area is 191 Å². The van der Waals surface area contributed by atoms with E-state index >= 15 is 0 Å². The standard InChI is InChI=1S/C19H22F6N2O6S/c1-17(2,3)33-16(29)26-11(15(28)27-7-6-18(21,22)9-27)8-10-4-5-12(34(30,31)32)13(14(10)20)19(23,24)25/h4-5,11H,6-9H2,1-3H3,(H,26,29)(H,30,31,32)/t11-/m0/s1. The summed E-state index contributed by atoms with van der Waals surface area (Å²) in [4.78, 5) is 23.9. The second-order valence-corrected chi connectivity index (χ2v) is 10.0. The fraction of sp³-hybridized carbons (Fsp3) is 0.579. The largest absolute Gasteiger partial charge is 0.444 e. The van der Waals surface area contributed by atoms with Crippen LogP contribution in [0.5, 0.6) is 0 Å². The van der Waals surface area contributed by atoms with Crippen molar-refractivity contribution in [3.63, 3.8) is 0 Å². The number of alkyl halides is 5. The SMILES string of the molecule is CC(C)(C)OC(=O)N[C@@H](Cc1ccc(S(=O)(=O)O)c(C(F)(F)F)c1F)C(=O)N1CCC(F)(F)C1. The summed E-state index contributed by atoms with van der Waals surface area (Å²) in [5, 5.41) is 2.04. The summed E-state index contributed by atoms with van der Waals surface area (Å²) < 4.78 is 119. The first-order valence-corrected chi connectivity index (χ1v) is 11.2. The number of amides is 2. The van der Waals surface area contributed by atoms with Gasteiger partial charge in [-0.1, -0.05) is 6.07 Å². The number of likely N-dealkylation sites (tertiary alicyclic amines) is 1. The maximum atomic E-state index is 14.8. The molecule has 2 N–H and O–H groups in total. The third kappa shape index (κ3) is 6.98. The van der Waals surface area contributed by atoms with Crippen LogP contribution in [0.1, 0.15) is 38.3 Å². The molecule has 1 saturated heterocycles. The normalized spacial score (nSPS) is 17.4. The number of alkyl carbamates (subject to hydrolysis) is 1. The molecule has 2 rings (SSSR count). The smallest absolute Gasteiger partial charge is 0.420 e. The van der Waals surface area contributed by atoms with Crippen molar-refractivity contribution in [2.75, 3.05) is 13.1 Å². The lowest BCUT2D eigenvalue weighted by molar-refractivity contribution is -0.142. The molecular weight excluding hydrogens is 498 g/mol. The van der Waals surface area contributed by atoms with E-state index in [0.717, 1.165) is 0 Å². The molecule has 1 aromatic carbocycles. The zero-order valence-corrected chi connectivity index (χ0v) is 19.0. The zero-order chi connectivity index (χ0) is 26.3. The minimum absolute atomic E-state index is 0.287. The molecule has 2 amide bonds. The average Bonchev–Trinajstić information content (AvgIpc) is 2.98. The zero-order valence-electron chi connectivity index (χ0n) is 18.2. The molecule has 0 spiro atoms. The predicted octanol–water partition coefficient (Wildman–Crippen LogP) is 3.39. The van der Waals surface area contributed by atoms with E-state index in [1.165, 1.54) is 20.8 Å². The lowest BCUT2D eigenvalue weighted by atomic mass is 10.0. The number of rotatable bonds is 5. The van der Waals surface area contributed by atoms with Gasteiger partial charge in [0.2, 0.25) is 5.91 Å². The van der Waals surface area contributed by atoms with Gasteiger partial charge < -0.3 is 15.0 Å². The Morgan fingerprint density at radius 2 is 1.82 bits per heavy atom. The fourth-order valence-corrected chi connectivity index (χ4v) is 3.96. The third-order valence-corrected chi connectivity index (χ3v) is 5.54. The van der Waals surface area contributed by atoms with Gasteiger partial charge in [0.25, 0.3) is 16.0 Å². The number of hydrogen-bond donors (Lipinski definition) is 2. The van der Waals surface area contributed by atoms with Gasteiger partial charge in [-0.05, 0) is 32.4 Å². The van der Waals surface area contributed by atoms with Gasteiger partial charge in [-0.15, -0.1) is 0 Å². The van der Waals surface area contributed by atoms with Crippen molar-refractivity contribution in [1.82, 2.24) is 10.2 Å². The maximum Gasteiger partial charge on any atom is 0.420 e. The van der Waals surface area contributed by atoms with Crippen molar-refractivity contribution < 1.29 is 53.6 Å². The van der Waals surface area contributed by atoms with E-state index in [1.54, 1.807) is 0 Å². The topological polar surface area (TPSA) is 113 Å². The fourth-order valence-electron chi connectivity index (χ4n) is 3.25. The van der Waals surface area contributed by atoms with Gasteiger partial charge >= 0.3 is 12.3 Å². The molecular formula is C19H22F6N2O6S. The summed E-state index contributed by atoms with van der Waals surface area (Å²) in [7, 11) is -5.47. The van der Waals surface area contributed by atoms with Crippen LogP contribution in [0.2, 0.25) is 0 Å². The van der Waals surface area contributed by atoms with Gasteiger partial charge in [-0.25, -0.2) is 18.0 Å². The van der Waals surface area contributed by atoms with Gasteiger partial charge in [0.1, 0.15) is 27.9 Å². The molecule has 0 radical (unpaired) electrons. The van der Waals surface area contributed by atoms with Crippen LogP contribution < -0.4 is 5.32 Å².